The second-order valence-corrected chi connectivity index (χ2v) is 28.5. The van der Waals surface area contributed by atoms with Crippen molar-refractivity contribution in [1.29, 1.82) is 0 Å². The Balaban J connectivity index is 0.000000166. The second kappa shape index (κ2) is 45.9. The zero-order valence-corrected chi connectivity index (χ0v) is 78.8. The van der Waals surface area contributed by atoms with Gasteiger partial charge in [0.2, 0.25) is 0 Å². The molecule has 123 heavy (non-hydrogen) atoms. The summed E-state index contributed by atoms with van der Waals surface area (Å²) in [5, 5.41) is 31.7. The normalized spacial score (nSPS) is 10.6. The summed E-state index contributed by atoms with van der Waals surface area (Å²) in [7, 11) is 10.8. The molecule has 0 unspecified atom stereocenters. The van der Waals surface area contributed by atoms with Crippen molar-refractivity contribution in [3.63, 3.8) is 0 Å². The van der Waals surface area contributed by atoms with E-state index in [4.69, 9.17) is 0 Å². The summed E-state index contributed by atoms with van der Waals surface area (Å²) in [6.45, 7) is 40.0. The number of anilines is 2. The lowest BCUT2D eigenvalue weighted by Crippen LogP contribution is -2.14. The van der Waals surface area contributed by atoms with E-state index in [-0.39, 0.29) is 0 Å². The van der Waals surface area contributed by atoms with Crippen molar-refractivity contribution in [3.05, 3.63) is 340 Å². The highest BCUT2D eigenvalue weighted by atomic mass is 32.2. The van der Waals surface area contributed by atoms with Crippen molar-refractivity contribution in [2.75, 3.05) is 11.9 Å². The summed E-state index contributed by atoms with van der Waals surface area (Å²) in [6.07, 6.45) is 0. The van der Waals surface area contributed by atoms with Crippen LogP contribution in [-0.2, 0) is 28.2 Å². The quantitative estimate of drug-likeness (QED) is 0.151. The molecule has 5 nitrogen and oxygen atoms in total. The molecule has 5 heterocycles. The molecule has 18 aromatic carbocycles. The molecule has 1 aliphatic rings. The fraction of sp³-hybridized carbons (Fsp3) is 0.214. The third-order valence-corrected chi connectivity index (χ3v) is 22.9. The molecule has 4 aromatic heterocycles. The van der Waals surface area contributed by atoms with Crippen molar-refractivity contribution in [3.8, 4) is 0 Å². The lowest BCUT2D eigenvalue weighted by Gasteiger charge is -2.29. The molecule has 630 valence electrons. The van der Waals surface area contributed by atoms with Crippen LogP contribution in [0.15, 0.2) is 350 Å². The van der Waals surface area contributed by atoms with E-state index < -0.39 is 0 Å². The Morgan fingerprint density at radius 1 is 0.163 bits per heavy atom. The predicted molar refractivity (Wildman–Crippen MR) is 560 cm³/mol. The Morgan fingerprint density at radius 3 is 0.732 bits per heavy atom. The number of aryl methyl sites for hydroxylation is 4. The lowest BCUT2D eigenvalue weighted by molar-refractivity contribution is 1.02. The molecule has 23 rings (SSSR count). The van der Waals surface area contributed by atoms with Gasteiger partial charge >= 0.3 is 0 Å². The third-order valence-electron chi connectivity index (χ3n) is 21.7. The average Bonchev–Trinajstić information content (AvgIpc) is 1.59. The van der Waals surface area contributed by atoms with Gasteiger partial charge in [-0.2, -0.15) is 0 Å². The van der Waals surface area contributed by atoms with Crippen LogP contribution >= 0.6 is 11.8 Å². The number of aromatic nitrogens is 4. The topological polar surface area (TPSA) is 23.0 Å². The maximum atomic E-state index is 2.36. The Morgan fingerprint density at radius 2 is 0.390 bits per heavy atom. The van der Waals surface area contributed by atoms with Crippen molar-refractivity contribution in [2.45, 2.75) is 148 Å². The highest BCUT2D eigenvalue weighted by molar-refractivity contribution is 7.99. The first-order valence-electron chi connectivity index (χ1n) is 45.4. The average molecular weight is 1640 g/mol. The molecule has 0 fully saturated rings. The number of para-hydroxylation sites is 2. The first-order valence-corrected chi connectivity index (χ1v) is 46.2. The van der Waals surface area contributed by atoms with Crippen LogP contribution in [0.1, 0.15) is 138 Å². The molecule has 0 radical (unpaired) electrons. The molecule has 0 N–H and O–H groups in total. The molecule has 0 amide bonds. The van der Waals surface area contributed by atoms with Gasteiger partial charge in [-0.25, -0.2) is 0 Å². The number of hydrogen-bond acceptors (Lipinski definition) is 2. The van der Waals surface area contributed by atoms with Crippen LogP contribution in [0, 0.1) is 0 Å². The van der Waals surface area contributed by atoms with E-state index in [9.17, 15) is 0 Å². The van der Waals surface area contributed by atoms with Crippen LogP contribution in [0.3, 0.4) is 0 Å². The fourth-order valence-corrected chi connectivity index (χ4v) is 17.8. The van der Waals surface area contributed by atoms with Gasteiger partial charge in [0.25, 0.3) is 0 Å². The summed E-state index contributed by atoms with van der Waals surface area (Å²) in [6, 6.07) is 122. The summed E-state index contributed by atoms with van der Waals surface area (Å²) in [5.41, 5.74) is 13.0. The van der Waals surface area contributed by atoms with Gasteiger partial charge in [-0.1, -0.05) is 411 Å². The molecule has 0 atom stereocenters. The number of benzene rings is 18. The molecule has 0 aliphatic carbocycles. The summed E-state index contributed by atoms with van der Waals surface area (Å²) in [5.74, 6) is 0. The van der Waals surface area contributed by atoms with Crippen LogP contribution in [-0.4, -0.2) is 25.3 Å². The van der Waals surface area contributed by atoms with Gasteiger partial charge in [0, 0.05) is 132 Å². The number of nitrogens with zero attached hydrogens (tertiary/aromatic N) is 5. The van der Waals surface area contributed by atoms with E-state index in [1.165, 1.54) is 195 Å². The zero-order valence-electron chi connectivity index (χ0n) is 78.0. The van der Waals surface area contributed by atoms with E-state index in [0.717, 1.165) is 0 Å². The molecule has 22 aromatic rings. The van der Waals surface area contributed by atoms with Crippen LogP contribution in [0.2, 0.25) is 0 Å². The molecule has 1 aliphatic heterocycles. The molecular weight excluding hydrogens is 1510 g/mol. The van der Waals surface area contributed by atoms with Gasteiger partial charge in [-0.15, -0.1) is 0 Å². The van der Waals surface area contributed by atoms with E-state index >= 15 is 0 Å². The van der Waals surface area contributed by atoms with Crippen LogP contribution in [0.5, 0.6) is 0 Å². The van der Waals surface area contributed by atoms with Gasteiger partial charge in [-0.05, 0) is 154 Å². The lowest BCUT2D eigenvalue weighted by atomic mass is 10.00. The Hall–Kier alpha value is -12.6. The van der Waals surface area contributed by atoms with Crippen molar-refractivity contribution in [1.82, 2.24) is 18.3 Å². The SMILES string of the molecule is CC.CC.CC.CC.CC.CC.CC.CC.CC.CC.CN1c2ccccc2Sc2ccccc21.Cn1c2c3ccccc3ccc2c2ccc3ccccc3c21.Cn1c2cc3ccccc3cc2c2c3ccccc3ccc21.Cn1c2cc3ccccc3cc2c2cc3ccccc3cc21.Cn1c2ccc3ccccc3c2c2c3ccccc3ccc21. The minimum atomic E-state index is 1.29. The predicted octanol–water partition coefficient (Wildman–Crippen LogP) is 36.7. The molecule has 0 saturated heterocycles. The smallest absolute Gasteiger partial charge is 0.0568 e. The maximum absolute atomic E-state index is 2.36. The van der Waals surface area contributed by atoms with Gasteiger partial charge in [0.15, 0.2) is 0 Å². The summed E-state index contributed by atoms with van der Waals surface area (Å²) >= 11 is 1.84. The Bertz CT molecular complexity index is 6830. The van der Waals surface area contributed by atoms with Gasteiger partial charge in [0.05, 0.1) is 22.4 Å². The van der Waals surface area contributed by atoms with Crippen molar-refractivity contribution in [2.24, 2.45) is 28.2 Å². The highest BCUT2D eigenvalue weighted by Gasteiger charge is 2.21. The van der Waals surface area contributed by atoms with Gasteiger partial charge in [0.1, 0.15) is 0 Å². The standard InChI is InChI=1S/4C21H15N.C13H11NS.10C2H6/c1-22-20-12-16-8-4-2-6-14(16)10-18(20)19-11-15-7-3-5-9-17(15)13-21(19)22;1-22-18-12-10-14-6-2-4-8-16(14)20(18)21-17-9-5-3-7-15(17)11-13-19(21)22;1-22-20-16-8-4-2-6-14(16)10-12-18(20)19-13-11-15-7-3-5-9-17(15)21(19)22;1-22-19-11-10-14-6-4-5-9-17(14)21(19)18-12-15-7-2-3-8-16(15)13-20(18)22;1-14-10-6-2-4-8-12(10)15-13-9-5-3-7-11(13)14;10*1-2/h4*2-13H,1H3;2-9H,1H3;10*1-2H3. The van der Waals surface area contributed by atoms with Crippen LogP contribution < -0.4 is 4.90 Å². The van der Waals surface area contributed by atoms with E-state index in [1.54, 1.807) is 0 Å². The fourth-order valence-electron chi connectivity index (χ4n) is 16.6. The number of rotatable bonds is 0. The van der Waals surface area contributed by atoms with Gasteiger partial charge in [-0.3, -0.25) is 0 Å². The first kappa shape index (κ1) is 94.2. The minimum Gasteiger partial charge on any atom is -0.344 e. The number of hydrogen-bond donors (Lipinski definition) is 0. The summed E-state index contributed by atoms with van der Waals surface area (Å²) < 4.78 is 9.28. The Kier molecular flexibility index (Phi) is 35.1. The van der Waals surface area contributed by atoms with E-state index in [1.807, 2.05) is 150 Å². The summed E-state index contributed by atoms with van der Waals surface area (Å²) in [4.78, 5) is 4.92. The van der Waals surface area contributed by atoms with E-state index in [2.05, 4.69) is 398 Å². The second-order valence-electron chi connectivity index (χ2n) is 27.4. The molecule has 0 bridgehead atoms. The van der Waals surface area contributed by atoms with E-state index in [0.29, 0.717) is 0 Å². The largest absolute Gasteiger partial charge is 0.344 e. The van der Waals surface area contributed by atoms with Crippen LogP contribution in [0.4, 0.5) is 11.4 Å². The Labute approximate surface area is 737 Å². The zero-order chi connectivity index (χ0) is 89.0. The molecular formula is C117H131N5S. The molecule has 0 spiro atoms. The molecule has 6 heteroatoms. The third kappa shape index (κ3) is 18.9. The van der Waals surface area contributed by atoms with Crippen molar-refractivity contribution >= 4 is 197 Å². The maximum Gasteiger partial charge on any atom is 0.0568 e. The molecule has 0 saturated carbocycles. The van der Waals surface area contributed by atoms with Crippen molar-refractivity contribution < 1.29 is 0 Å². The minimum absolute atomic E-state index is 1.29. The highest BCUT2D eigenvalue weighted by Crippen LogP contribution is 2.48. The monoisotopic (exact) mass is 1640 g/mol. The first-order chi connectivity index (χ1) is 60.7. The number of fused-ring (bicyclic) bond motifs is 27. The van der Waals surface area contributed by atoms with Gasteiger partial charge < -0.3 is 23.2 Å². The van der Waals surface area contributed by atoms with Crippen LogP contribution in [0.25, 0.3) is 173 Å².